The Morgan fingerprint density at radius 3 is 2.37 bits per heavy atom. The lowest BCUT2D eigenvalue weighted by molar-refractivity contribution is -0.133. The molecule has 1 aromatic heterocycles. The SMILES string of the molecule is Cc1cccn(CC(=O)N2CCN(S(=O)(=O)c3ccc4ccccc4c3)CC2)c1=O. The molecule has 7 nitrogen and oxygen atoms in total. The van der Waals surface area contributed by atoms with E-state index in [0.29, 0.717) is 18.7 Å². The minimum Gasteiger partial charge on any atom is -0.339 e. The number of amides is 1. The molecule has 1 aliphatic rings. The third-order valence-corrected chi connectivity index (χ3v) is 7.36. The summed E-state index contributed by atoms with van der Waals surface area (Å²) in [7, 11) is -3.63. The molecule has 0 aliphatic carbocycles. The number of carbonyl (C=O) groups is 1. The van der Waals surface area contributed by atoms with E-state index in [1.54, 1.807) is 42.3 Å². The van der Waals surface area contributed by atoms with Crippen LogP contribution in [0.1, 0.15) is 5.56 Å². The predicted octanol–water partition coefficient (Wildman–Crippen LogP) is 1.84. The smallest absolute Gasteiger partial charge is 0.253 e. The number of sulfonamides is 1. The molecule has 30 heavy (non-hydrogen) atoms. The molecule has 1 amide bonds. The molecule has 1 fully saturated rings. The highest BCUT2D eigenvalue weighted by molar-refractivity contribution is 7.89. The first-order valence-electron chi connectivity index (χ1n) is 9.79. The summed E-state index contributed by atoms with van der Waals surface area (Å²) in [6.45, 7) is 2.71. The summed E-state index contributed by atoms with van der Waals surface area (Å²) in [4.78, 5) is 26.6. The molecular weight excluding hydrogens is 402 g/mol. The van der Waals surface area contributed by atoms with Crippen molar-refractivity contribution in [1.29, 1.82) is 0 Å². The van der Waals surface area contributed by atoms with Crippen LogP contribution < -0.4 is 5.56 Å². The van der Waals surface area contributed by atoms with Gasteiger partial charge in [0.15, 0.2) is 0 Å². The number of fused-ring (bicyclic) bond motifs is 1. The topological polar surface area (TPSA) is 79.7 Å². The summed E-state index contributed by atoms with van der Waals surface area (Å²) >= 11 is 0. The Kier molecular flexibility index (Phi) is 5.44. The lowest BCUT2D eigenvalue weighted by atomic mass is 10.1. The van der Waals surface area contributed by atoms with Crippen molar-refractivity contribution in [1.82, 2.24) is 13.8 Å². The fourth-order valence-electron chi connectivity index (χ4n) is 3.68. The van der Waals surface area contributed by atoms with Gasteiger partial charge < -0.3 is 9.47 Å². The summed E-state index contributed by atoms with van der Waals surface area (Å²) in [5, 5.41) is 1.86. The van der Waals surface area contributed by atoms with Crippen molar-refractivity contribution in [3.63, 3.8) is 0 Å². The van der Waals surface area contributed by atoms with E-state index in [4.69, 9.17) is 0 Å². The average molecular weight is 426 g/mol. The Morgan fingerprint density at radius 1 is 0.933 bits per heavy atom. The van der Waals surface area contributed by atoms with Crippen LogP contribution >= 0.6 is 0 Å². The number of aryl methyl sites for hydroxylation is 1. The van der Waals surface area contributed by atoms with Crippen molar-refractivity contribution >= 4 is 26.7 Å². The Balaban J connectivity index is 1.44. The second-order valence-electron chi connectivity index (χ2n) is 7.42. The molecule has 0 spiro atoms. The van der Waals surface area contributed by atoms with Gasteiger partial charge in [0.1, 0.15) is 6.54 Å². The van der Waals surface area contributed by atoms with E-state index in [9.17, 15) is 18.0 Å². The number of hydrogen-bond donors (Lipinski definition) is 0. The molecule has 0 radical (unpaired) electrons. The summed E-state index contributed by atoms with van der Waals surface area (Å²) in [6.07, 6.45) is 1.59. The monoisotopic (exact) mass is 425 g/mol. The molecule has 8 heteroatoms. The highest BCUT2D eigenvalue weighted by atomic mass is 32.2. The second kappa shape index (κ2) is 8.04. The molecule has 0 unspecified atom stereocenters. The third kappa shape index (κ3) is 3.88. The van der Waals surface area contributed by atoms with Crippen LogP contribution in [0.15, 0.2) is 70.5 Å². The van der Waals surface area contributed by atoms with Gasteiger partial charge in [-0.3, -0.25) is 9.59 Å². The third-order valence-electron chi connectivity index (χ3n) is 5.47. The Hall–Kier alpha value is -2.97. The minimum atomic E-state index is -3.63. The van der Waals surface area contributed by atoms with Crippen molar-refractivity contribution < 1.29 is 13.2 Å². The van der Waals surface area contributed by atoms with Crippen LogP contribution in [0.2, 0.25) is 0 Å². The lowest BCUT2D eigenvalue weighted by Crippen LogP contribution is -2.51. The quantitative estimate of drug-likeness (QED) is 0.639. The van der Waals surface area contributed by atoms with E-state index in [-0.39, 0.29) is 36.0 Å². The fraction of sp³-hybridized carbons (Fsp3) is 0.273. The number of pyridine rings is 1. The minimum absolute atomic E-state index is 0.0437. The molecule has 1 aliphatic heterocycles. The normalized spacial score (nSPS) is 15.4. The highest BCUT2D eigenvalue weighted by Gasteiger charge is 2.30. The van der Waals surface area contributed by atoms with Gasteiger partial charge in [0.25, 0.3) is 5.56 Å². The molecule has 0 N–H and O–H groups in total. The number of piperazine rings is 1. The number of aromatic nitrogens is 1. The molecule has 1 saturated heterocycles. The zero-order valence-electron chi connectivity index (χ0n) is 16.7. The summed E-state index contributed by atoms with van der Waals surface area (Å²) < 4.78 is 28.9. The molecule has 0 saturated carbocycles. The molecule has 0 atom stereocenters. The maximum absolute atomic E-state index is 13.1. The number of benzene rings is 2. The van der Waals surface area contributed by atoms with Crippen molar-refractivity contribution in [3.05, 3.63) is 76.7 Å². The largest absolute Gasteiger partial charge is 0.339 e. The number of rotatable bonds is 4. The van der Waals surface area contributed by atoms with Crippen LogP contribution in [0.3, 0.4) is 0 Å². The van der Waals surface area contributed by atoms with Crippen molar-refractivity contribution in [3.8, 4) is 0 Å². The highest BCUT2D eigenvalue weighted by Crippen LogP contribution is 2.22. The molecule has 0 bridgehead atoms. The maximum atomic E-state index is 13.1. The predicted molar refractivity (Wildman–Crippen MR) is 115 cm³/mol. The van der Waals surface area contributed by atoms with Gasteiger partial charge >= 0.3 is 0 Å². The second-order valence-corrected chi connectivity index (χ2v) is 9.36. The molecule has 156 valence electrons. The Labute approximate surface area is 175 Å². The zero-order chi connectivity index (χ0) is 21.3. The van der Waals surface area contributed by atoms with Gasteiger partial charge in [-0.25, -0.2) is 8.42 Å². The first kappa shape index (κ1) is 20.3. The van der Waals surface area contributed by atoms with Gasteiger partial charge in [-0.15, -0.1) is 0 Å². The molecule has 4 rings (SSSR count). The summed E-state index contributed by atoms with van der Waals surface area (Å²) in [5.74, 6) is -0.189. The van der Waals surface area contributed by atoms with Gasteiger partial charge in [0.2, 0.25) is 15.9 Å². The summed E-state index contributed by atoms with van der Waals surface area (Å²) in [6, 6.07) is 16.2. The van der Waals surface area contributed by atoms with E-state index in [0.717, 1.165) is 10.8 Å². The van der Waals surface area contributed by atoms with Crippen LogP contribution in [0.5, 0.6) is 0 Å². The number of hydrogen-bond acceptors (Lipinski definition) is 4. The van der Waals surface area contributed by atoms with E-state index < -0.39 is 10.0 Å². The fourth-order valence-corrected chi connectivity index (χ4v) is 5.14. The van der Waals surface area contributed by atoms with E-state index >= 15 is 0 Å². The first-order chi connectivity index (χ1) is 14.4. The van der Waals surface area contributed by atoms with E-state index in [2.05, 4.69) is 0 Å². The Bertz CT molecular complexity index is 1260. The van der Waals surface area contributed by atoms with Gasteiger partial charge in [-0.05, 0) is 35.9 Å². The lowest BCUT2D eigenvalue weighted by Gasteiger charge is -2.34. The standard InChI is InChI=1S/C22H23N3O4S/c1-17-5-4-10-24(22(17)27)16-21(26)23-11-13-25(14-12-23)30(28,29)20-9-8-18-6-2-3-7-19(18)15-20/h2-10,15H,11-14,16H2,1H3. The molecular formula is C22H23N3O4S. The van der Waals surface area contributed by atoms with Gasteiger partial charge in [0.05, 0.1) is 4.90 Å². The molecule has 3 aromatic rings. The maximum Gasteiger partial charge on any atom is 0.253 e. The van der Waals surface area contributed by atoms with Crippen LogP contribution in [0, 0.1) is 6.92 Å². The molecule has 2 heterocycles. The van der Waals surface area contributed by atoms with Crippen LogP contribution in [0.25, 0.3) is 10.8 Å². The van der Waals surface area contributed by atoms with E-state index in [1.165, 1.54) is 8.87 Å². The Morgan fingerprint density at radius 2 is 1.63 bits per heavy atom. The number of carbonyl (C=O) groups excluding carboxylic acids is 1. The van der Waals surface area contributed by atoms with Crippen molar-refractivity contribution in [2.45, 2.75) is 18.4 Å². The van der Waals surface area contributed by atoms with Crippen LogP contribution in [-0.4, -0.2) is 54.3 Å². The van der Waals surface area contributed by atoms with E-state index in [1.807, 2.05) is 30.3 Å². The zero-order valence-corrected chi connectivity index (χ0v) is 17.5. The van der Waals surface area contributed by atoms with Crippen molar-refractivity contribution in [2.24, 2.45) is 0 Å². The number of nitrogens with zero attached hydrogens (tertiary/aromatic N) is 3. The first-order valence-corrected chi connectivity index (χ1v) is 11.2. The summed E-state index contributed by atoms with van der Waals surface area (Å²) in [5.41, 5.74) is 0.389. The van der Waals surface area contributed by atoms with Crippen molar-refractivity contribution in [2.75, 3.05) is 26.2 Å². The average Bonchev–Trinajstić information content (AvgIpc) is 2.76. The van der Waals surface area contributed by atoms with Gasteiger partial charge in [-0.1, -0.05) is 36.4 Å². The molecule has 2 aromatic carbocycles. The van der Waals surface area contributed by atoms with Crippen LogP contribution in [-0.2, 0) is 21.4 Å². The van der Waals surface area contributed by atoms with Gasteiger partial charge in [0, 0.05) is 37.9 Å². The van der Waals surface area contributed by atoms with Crippen LogP contribution in [0.4, 0.5) is 0 Å². The van der Waals surface area contributed by atoms with Gasteiger partial charge in [-0.2, -0.15) is 4.31 Å².